The van der Waals surface area contributed by atoms with E-state index >= 15 is 0 Å². The molecule has 162 valence electrons. The van der Waals surface area contributed by atoms with Crippen LogP contribution >= 0.6 is 11.6 Å². The van der Waals surface area contributed by atoms with Gasteiger partial charge in [0.25, 0.3) is 11.8 Å². The van der Waals surface area contributed by atoms with Crippen molar-refractivity contribution in [3.8, 4) is 5.75 Å². The molecule has 0 saturated carbocycles. The van der Waals surface area contributed by atoms with E-state index in [-0.39, 0.29) is 23.6 Å². The molecule has 32 heavy (non-hydrogen) atoms. The number of nitrogens with one attached hydrogen (secondary N) is 1. The molecule has 0 unspecified atom stereocenters. The first-order chi connectivity index (χ1) is 15.5. The minimum Gasteiger partial charge on any atom is -0.494 e. The SMILES string of the molecule is CCOc1ccc(NC2=C(c3ccc(Cl)cc3)C(=O)N(Cc3ccc(F)cc3)C2=O)cc1. The van der Waals surface area contributed by atoms with Crippen LogP contribution in [0.1, 0.15) is 18.1 Å². The number of anilines is 1. The van der Waals surface area contributed by atoms with Crippen LogP contribution in [0.5, 0.6) is 5.75 Å². The van der Waals surface area contributed by atoms with Gasteiger partial charge in [-0.15, -0.1) is 0 Å². The van der Waals surface area contributed by atoms with Gasteiger partial charge in [0, 0.05) is 10.7 Å². The number of benzene rings is 3. The molecule has 0 bridgehead atoms. The van der Waals surface area contributed by atoms with Crippen molar-refractivity contribution in [2.24, 2.45) is 0 Å². The summed E-state index contributed by atoms with van der Waals surface area (Å²) < 4.78 is 18.7. The maximum absolute atomic E-state index is 13.3. The maximum atomic E-state index is 13.3. The molecule has 0 saturated heterocycles. The molecule has 1 N–H and O–H groups in total. The van der Waals surface area contributed by atoms with Crippen molar-refractivity contribution in [2.75, 3.05) is 11.9 Å². The molecule has 3 aromatic rings. The number of ether oxygens (including phenoxy) is 1. The molecule has 2 amide bonds. The lowest BCUT2D eigenvalue weighted by Gasteiger charge is -2.15. The van der Waals surface area contributed by atoms with Crippen LogP contribution in [0.3, 0.4) is 0 Å². The lowest BCUT2D eigenvalue weighted by Crippen LogP contribution is -2.32. The normalized spacial score (nSPS) is 13.7. The highest BCUT2D eigenvalue weighted by atomic mass is 35.5. The standard InChI is InChI=1S/C25H20ClFN2O3/c1-2-32-21-13-11-20(12-14-21)28-23-22(17-5-7-18(26)8-6-17)24(30)29(25(23)31)15-16-3-9-19(27)10-4-16/h3-14,28H,2,15H2,1H3. The summed E-state index contributed by atoms with van der Waals surface area (Å²) >= 11 is 6.00. The first-order valence-corrected chi connectivity index (χ1v) is 10.4. The van der Waals surface area contributed by atoms with E-state index in [0.717, 1.165) is 4.90 Å². The van der Waals surface area contributed by atoms with Gasteiger partial charge >= 0.3 is 0 Å². The van der Waals surface area contributed by atoms with Gasteiger partial charge in [0.1, 0.15) is 17.3 Å². The van der Waals surface area contributed by atoms with Gasteiger partial charge in [-0.25, -0.2) is 4.39 Å². The number of carbonyl (C=O) groups is 2. The molecule has 1 heterocycles. The quantitative estimate of drug-likeness (QED) is 0.498. The highest BCUT2D eigenvalue weighted by molar-refractivity contribution is 6.36. The van der Waals surface area contributed by atoms with E-state index in [1.54, 1.807) is 60.7 Å². The molecule has 3 aromatic carbocycles. The summed E-state index contributed by atoms with van der Waals surface area (Å²) in [5.74, 6) is -0.574. The number of hydrogen-bond acceptors (Lipinski definition) is 4. The molecule has 5 nitrogen and oxygen atoms in total. The van der Waals surface area contributed by atoms with Crippen LogP contribution in [-0.4, -0.2) is 23.3 Å². The third-order valence-electron chi connectivity index (χ3n) is 4.99. The van der Waals surface area contributed by atoms with Crippen molar-refractivity contribution in [3.63, 3.8) is 0 Å². The Labute approximate surface area is 190 Å². The van der Waals surface area contributed by atoms with Crippen molar-refractivity contribution in [3.05, 3.63) is 100 Å². The Hall–Kier alpha value is -3.64. The Morgan fingerprint density at radius 3 is 2.19 bits per heavy atom. The molecule has 0 atom stereocenters. The highest BCUT2D eigenvalue weighted by Gasteiger charge is 2.39. The van der Waals surface area contributed by atoms with Gasteiger partial charge in [-0.2, -0.15) is 0 Å². The van der Waals surface area contributed by atoms with Gasteiger partial charge in [-0.3, -0.25) is 14.5 Å². The summed E-state index contributed by atoms with van der Waals surface area (Å²) in [7, 11) is 0. The van der Waals surface area contributed by atoms with Crippen molar-refractivity contribution in [1.29, 1.82) is 0 Å². The molecule has 0 aromatic heterocycles. The van der Waals surface area contributed by atoms with E-state index in [0.29, 0.717) is 34.2 Å². The second-order valence-electron chi connectivity index (χ2n) is 7.16. The zero-order valence-corrected chi connectivity index (χ0v) is 18.0. The lowest BCUT2D eigenvalue weighted by molar-refractivity contribution is -0.137. The smallest absolute Gasteiger partial charge is 0.278 e. The Kier molecular flexibility index (Phi) is 6.23. The van der Waals surface area contributed by atoms with Crippen LogP contribution < -0.4 is 10.1 Å². The predicted molar refractivity (Wildman–Crippen MR) is 122 cm³/mol. The molecule has 0 spiro atoms. The van der Waals surface area contributed by atoms with E-state index in [2.05, 4.69) is 5.32 Å². The van der Waals surface area contributed by atoms with Crippen LogP contribution in [0.4, 0.5) is 10.1 Å². The highest BCUT2D eigenvalue weighted by Crippen LogP contribution is 2.32. The Morgan fingerprint density at radius 2 is 1.56 bits per heavy atom. The van der Waals surface area contributed by atoms with Crippen LogP contribution in [0.15, 0.2) is 78.5 Å². The predicted octanol–water partition coefficient (Wildman–Crippen LogP) is 5.27. The third kappa shape index (κ3) is 4.50. The van der Waals surface area contributed by atoms with Crippen LogP contribution in [0.2, 0.25) is 5.02 Å². The van der Waals surface area contributed by atoms with E-state index in [9.17, 15) is 14.0 Å². The molecule has 4 rings (SSSR count). The first-order valence-electron chi connectivity index (χ1n) is 10.1. The fourth-order valence-corrected chi connectivity index (χ4v) is 3.56. The fourth-order valence-electron chi connectivity index (χ4n) is 3.44. The summed E-state index contributed by atoms with van der Waals surface area (Å²) in [6, 6.07) is 19.5. The fraction of sp³-hybridized carbons (Fsp3) is 0.120. The van der Waals surface area contributed by atoms with E-state index in [1.165, 1.54) is 12.1 Å². The van der Waals surface area contributed by atoms with Crippen molar-refractivity contribution in [2.45, 2.75) is 13.5 Å². The number of halogens is 2. The topological polar surface area (TPSA) is 58.6 Å². The zero-order valence-electron chi connectivity index (χ0n) is 17.3. The summed E-state index contributed by atoms with van der Waals surface area (Å²) in [6.07, 6.45) is 0. The largest absolute Gasteiger partial charge is 0.494 e. The Balaban J connectivity index is 1.68. The van der Waals surface area contributed by atoms with Gasteiger partial charge in [0.15, 0.2) is 0 Å². The molecule has 0 radical (unpaired) electrons. The molecular formula is C25H20ClFN2O3. The average molecular weight is 451 g/mol. The van der Waals surface area contributed by atoms with Gasteiger partial charge < -0.3 is 10.1 Å². The number of carbonyl (C=O) groups excluding carboxylic acids is 2. The van der Waals surface area contributed by atoms with Gasteiger partial charge in [-0.1, -0.05) is 35.9 Å². The van der Waals surface area contributed by atoms with E-state index in [1.807, 2.05) is 6.92 Å². The summed E-state index contributed by atoms with van der Waals surface area (Å²) in [5, 5.41) is 3.62. The van der Waals surface area contributed by atoms with Gasteiger partial charge in [0.05, 0.1) is 18.7 Å². The number of rotatable bonds is 7. The summed E-state index contributed by atoms with van der Waals surface area (Å²) in [4.78, 5) is 27.7. The minimum absolute atomic E-state index is 0.0312. The number of imide groups is 1. The summed E-state index contributed by atoms with van der Waals surface area (Å²) in [6.45, 7) is 2.47. The summed E-state index contributed by atoms with van der Waals surface area (Å²) in [5.41, 5.74) is 2.28. The molecular weight excluding hydrogens is 431 g/mol. The van der Waals surface area contributed by atoms with Crippen LogP contribution in [0.25, 0.3) is 5.57 Å². The Morgan fingerprint density at radius 1 is 0.906 bits per heavy atom. The minimum atomic E-state index is -0.460. The second kappa shape index (κ2) is 9.24. The second-order valence-corrected chi connectivity index (χ2v) is 7.60. The molecule has 1 aliphatic heterocycles. The number of nitrogens with zero attached hydrogens (tertiary/aromatic N) is 1. The third-order valence-corrected chi connectivity index (χ3v) is 5.24. The molecule has 0 fully saturated rings. The molecule has 0 aliphatic carbocycles. The van der Waals surface area contributed by atoms with E-state index < -0.39 is 11.8 Å². The molecule has 1 aliphatic rings. The van der Waals surface area contributed by atoms with Crippen molar-refractivity contribution < 1.29 is 18.7 Å². The number of amides is 2. The average Bonchev–Trinajstić information content (AvgIpc) is 3.01. The lowest BCUT2D eigenvalue weighted by atomic mass is 10.0. The van der Waals surface area contributed by atoms with Crippen molar-refractivity contribution in [1.82, 2.24) is 4.90 Å². The van der Waals surface area contributed by atoms with Crippen LogP contribution in [-0.2, 0) is 16.1 Å². The van der Waals surface area contributed by atoms with Crippen molar-refractivity contribution >= 4 is 34.7 Å². The van der Waals surface area contributed by atoms with Gasteiger partial charge in [0.2, 0.25) is 0 Å². The van der Waals surface area contributed by atoms with Crippen LogP contribution in [0, 0.1) is 5.82 Å². The first kappa shape index (κ1) is 21.6. The number of hydrogen-bond donors (Lipinski definition) is 1. The van der Waals surface area contributed by atoms with Gasteiger partial charge in [-0.05, 0) is 66.6 Å². The van der Waals surface area contributed by atoms with E-state index in [4.69, 9.17) is 16.3 Å². The Bertz CT molecular complexity index is 1170. The maximum Gasteiger partial charge on any atom is 0.278 e. The monoisotopic (exact) mass is 450 g/mol. The molecule has 7 heteroatoms. The zero-order chi connectivity index (χ0) is 22.7.